The third kappa shape index (κ3) is 6.29. The predicted molar refractivity (Wildman–Crippen MR) is 82.3 cm³/mol. The van der Waals surface area contributed by atoms with Crippen LogP contribution in [0.25, 0.3) is 0 Å². The Kier molecular flexibility index (Phi) is 6.47. The van der Waals surface area contributed by atoms with Crippen LogP contribution in [-0.4, -0.2) is 41.0 Å². The Hall–Kier alpha value is -1.32. The van der Waals surface area contributed by atoms with E-state index in [0.717, 1.165) is 50.3 Å². The van der Waals surface area contributed by atoms with Gasteiger partial charge in [-0.2, -0.15) is 0 Å². The van der Waals surface area contributed by atoms with E-state index in [1.807, 2.05) is 0 Å². The average Bonchev–Trinajstić information content (AvgIpc) is 2.52. The summed E-state index contributed by atoms with van der Waals surface area (Å²) < 4.78 is 66.6. The number of benzene rings is 1. The van der Waals surface area contributed by atoms with Crippen molar-refractivity contribution < 1.29 is 31.2 Å². The molecule has 0 amide bonds. The van der Waals surface area contributed by atoms with Gasteiger partial charge in [0.05, 0.1) is 24.5 Å². The zero-order chi connectivity index (χ0) is 17.6. The van der Waals surface area contributed by atoms with Crippen LogP contribution < -0.4 is 14.4 Å². The molecular formula is C15H22F3N2O3S+. The lowest BCUT2D eigenvalue weighted by molar-refractivity contribution is -0.904. The molecule has 136 valence electrons. The predicted octanol–water partition coefficient (Wildman–Crippen LogP) is 1.32. The molecule has 1 aliphatic rings. The Labute approximate surface area is 139 Å². The summed E-state index contributed by atoms with van der Waals surface area (Å²) in [5.74, 6) is -0.449. The third-order valence-corrected chi connectivity index (χ3v) is 5.40. The van der Waals surface area contributed by atoms with Gasteiger partial charge in [0, 0.05) is 13.0 Å². The molecule has 1 fully saturated rings. The highest BCUT2D eigenvalue weighted by molar-refractivity contribution is 7.89. The second-order valence-electron chi connectivity index (χ2n) is 5.83. The number of rotatable bonds is 7. The Morgan fingerprint density at radius 2 is 1.71 bits per heavy atom. The van der Waals surface area contributed by atoms with Crippen LogP contribution in [0.2, 0.25) is 0 Å². The van der Waals surface area contributed by atoms with E-state index >= 15 is 0 Å². The molecule has 1 aromatic rings. The molecule has 0 atom stereocenters. The maximum Gasteiger partial charge on any atom is 0.573 e. The lowest BCUT2D eigenvalue weighted by Gasteiger charge is -2.23. The SMILES string of the molecule is O=S(=O)(NCCC[NH+]1CCCCC1)c1ccc(OC(F)(F)F)cc1. The summed E-state index contributed by atoms with van der Waals surface area (Å²) in [5, 5.41) is 0. The first-order valence-electron chi connectivity index (χ1n) is 7.95. The molecular weight excluding hydrogens is 345 g/mol. The number of alkyl halides is 3. The lowest BCUT2D eigenvalue weighted by Crippen LogP contribution is -3.12. The average molecular weight is 367 g/mol. The maximum atomic E-state index is 12.1. The highest BCUT2D eigenvalue weighted by atomic mass is 32.2. The van der Waals surface area contributed by atoms with Crippen LogP contribution in [0, 0.1) is 0 Å². The topological polar surface area (TPSA) is 59.8 Å². The zero-order valence-corrected chi connectivity index (χ0v) is 14.0. The van der Waals surface area contributed by atoms with E-state index in [9.17, 15) is 21.6 Å². The fraction of sp³-hybridized carbons (Fsp3) is 0.600. The van der Waals surface area contributed by atoms with Gasteiger partial charge < -0.3 is 9.64 Å². The Balaban J connectivity index is 1.81. The standard InChI is InChI=1S/C15H21F3N2O3S/c16-15(17,18)23-13-5-7-14(8-6-13)24(21,22)19-9-4-12-20-10-2-1-3-11-20/h5-8,19H,1-4,9-12H2/p+1. The van der Waals surface area contributed by atoms with Crippen LogP contribution in [0.1, 0.15) is 25.7 Å². The van der Waals surface area contributed by atoms with Crippen LogP contribution in [0.3, 0.4) is 0 Å². The van der Waals surface area contributed by atoms with Gasteiger partial charge in [0.15, 0.2) is 0 Å². The van der Waals surface area contributed by atoms with Crippen LogP contribution in [-0.2, 0) is 10.0 Å². The van der Waals surface area contributed by atoms with Crippen molar-refractivity contribution in [1.82, 2.24) is 4.72 Å². The van der Waals surface area contributed by atoms with E-state index in [1.165, 1.54) is 24.2 Å². The number of nitrogens with one attached hydrogen (secondary N) is 2. The molecule has 1 heterocycles. The first-order chi connectivity index (χ1) is 11.3. The Morgan fingerprint density at radius 3 is 2.29 bits per heavy atom. The summed E-state index contributed by atoms with van der Waals surface area (Å²) in [5.41, 5.74) is 0. The van der Waals surface area contributed by atoms with Crippen molar-refractivity contribution in [2.24, 2.45) is 0 Å². The highest BCUT2D eigenvalue weighted by Gasteiger charge is 2.31. The van der Waals surface area contributed by atoms with Crippen molar-refractivity contribution in [1.29, 1.82) is 0 Å². The van der Waals surface area contributed by atoms with Crippen molar-refractivity contribution in [2.45, 2.75) is 36.9 Å². The quantitative estimate of drug-likeness (QED) is 0.715. The largest absolute Gasteiger partial charge is 0.573 e. The summed E-state index contributed by atoms with van der Waals surface area (Å²) in [6, 6.07) is 4.17. The van der Waals surface area contributed by atoms with Gasteiger partial charge in [0.1, 0.15) is 5.75 Å². The van der Waals surface area contributed by atoms with Gasteiger partial charge in [-0.15, -0.1) is 13.2 Å². The smallest absolute Gasteiger partial charge is 0.406 e. The van der Waals surface area contributed by atoms with Crippen LogP contribution >= 0.6 is 0 Å². The molecule has 9 heteroatoms. The number of likely N-dealkylation sites (tertiary alicyclic amines) is 1. The van der Waals surface area contributed by atoms with Crippen LogP contribution in [0.4, 0.5) is 13.2 Å². The van der Waals surface area contributed by atoms with Gasteiger partial charge in [-0.1, -0.05) is 0 Å². The molecule has 0 bridgehead atoms. The summed E-state index contributed by atoms with van der Waals surface area (Å²) in [4.78, 5) is 1.41. The molecule has 1 saturated heterocycles. The minimum Gasteiger partial charge on any atom is -0.406 e. The van der Waals surface area contributed by atoms with Crippen molar-refractivity contribution in [3.05, 3.63) is 24.3 Å². The van der Waals surface area contributed by atoms with Gasteiger partial charge in [-0.25, -0.2) is 13.1 Å². The zero-order valence-electron chi connectivity index (χ0n) is 13.2. The van der Waals surface area contributed by atoms with E-state index in [2.05, 4.69) is 9.46 Å². The van der Waals surface area contributed by atoms with E-state index < -0.39 is 22.1 Å². The van der Waals surface area contributed by atoms with E-state index in [0.29, 0.717) is 6.54 Å². The molecule has 0 radical (unpaired) electrons. The van der Waals surface area contributed by atoms with Crippen molar-refractivity contribution in [3.8, 4) is 5.75 Å². The van der Waals surface area contributed by atoms with Gasteiger partial charge in [-0.3, -0.25) is 0 Å². The molecule has 2 N–H and O–H groups in total. The van der Waals surface area contributed by atoms with E-state index in [1.54, 1.807) is 0 Å². The first kappa shape index (κ1) is 19.0. The number of sulfonamides is 1. The Bertz CT molecular complexity index is 612. The number of quaternary nitrogens is 1. The van der Waals surface area contributed by atoms with E-state index in [-0.39, 0.29) is 4.90 Å². The number of halogens is 3. The molecule has 0 spiro atoms. The molecule has 0 unspecified atom stereocenters. The normalized spacial score (nSPS) is 17.0. The number of hydrogen-bond donors (Lipinski definition) is 2. The number of ether oxygens (including phenoxy) is 1. The summed E-state index contributed by atoms with van der Waals surface area (Å²) >= 11 is 0. The third-order valence-electron chi connectivity index (χ3n) is 3.93. The van der Waals surface area contributed by atoms with Crippen molar-refractivity contribution in [2.75, 3.05) is 26.2 Å². The maximum absolute atomic E-state index is 12.1. The summed E-state index contributed by atoms with van der Waals surface area (Å²) in [6.07, 6.45) is -0.371. The highest BCUT2D eigenvalue weighted by Crippen LogP contribution is 2.23. The second-order valence-corrected chi connectivity index (χ2v) is 7.60. The second kappa shape index (κ2) is 8.17. The van der Waals surface area contributed by atoms with Gasteiger partial charge in [-0.05, 0) is 43.5 Å². The van der Waals surface area contributed by atoms with Gasteiger partial charge in [0.2, 0.25) is 10.0 Å². The molecule has 5 nitrogen and oxygen atoms in total. The van der Waals surface area contributed by atoms with Gasteiger partial charge >= 0.3 is 6.36 Å². The minimum atomic E-state index is -4.80. The van der Waals surface area contributed by atoms with Crippen molar-refractivity contribution in [3.63, 3.8) is 0 Å². The van der Waals surface area contributed by atoms with Gasteiger partial charge in [0.25, 0.3) is 0 Å². The van der Waals surface area contributed by atoms with Crippen molar-refractivity contribution >= 4 is 10.0 Å². The molecule has 0 aromatic heterocycles. The fourth-order valence-corrected chi connectivity index (χ4v) is 3.82. The molecule has 1 aliphatic heterocycles. The molecule has 0 aliphatic carbocycles. The van der Waals surface area contributed by atoms with Crippen LogP contribution in [0.5, 0.6) is 5.75 Å². The molecule has 2 rings (SSSR count). The fourth-order valence-electron chi connectivity index (χ4n) is 2.75. The summed E-state index contributed by atoms with van der Waals surface area (Å²) in [7, 11) is -3.72. The molecule has 1 aromatic carbocycles. The summed E-state index contributed by atoms with van der Waals surface area (Å²) in [6.45, 7) is 3.49. The first-order valence-corrected chi connectivity index (χ1v) is 9.44. The Morgan fingerprint density at radius 1 is 1.08 bits per heavy atom. The lowest BCUT2D eigenvalue weighted by atomic mass is 10.1. The minimum absolute atomic E-state index is 0.0812. The van der Waals surface area contributed by atoms with E-state index in [4.69, 9.17) is 0 Å². The monoisotopic (exact) mass is 367 g/mol. The molecule has 0 saturated carbocycles. The number of hydrogen-bond acceptors (Lipinski definition) is 3. The molecule has 24 heavy (non-hydrogen) atoms. The number of piperidine rings is 1. The van der Waals surface area contributed by atoms with Crippen LogP contribution in [0.15, 0.2) is 29.2 Å².